The van der Waals surface area contributed by atoms with Crippen LogP contribution in [0, 0.1) is 23.5 Å². The summed E-state index contributed by atoms with van der Waals surface area (Å²) in [5.41, 5.74) is -1.13. The van der Waals surface area contributed by atoms with Crippen molar-refractivity contribution in [3.63, 3.8) is 0 Å². The molecule has 8 nitrogen and oxygen atoms in total. The molecule has 3 rings (SSSR count). The number of benzene rings is 2. The van der Waals surface area contributed by atoms with Crippen LogP contribution in [0.2, 0.25) is 0 Å². The molecule has 0 unspecified atom stereocenters. The minimum atomic E-state index is -3.99. The Kier molecular flexibility index (Phi) is 7.57. The highest BCUT2D eigenvalue weighted by Crippen LogP contribution is 2.32. The number of amides is 1. The zero-order valence-electron chi connectivity index (χ0n) is 19.2. The van der Waals surface area contributed by atoms with Crippen LogP contribution in [0.1, 0.15) is 41.0 Å². The third-order valence-electron chi connectivity index (χ3n) is 5.59. The minimum Gasteiger partial charge on any atom is -0.495 e. The van der Waals surface area contributed by atoms with Crippen LogP contribution < -0.4 is 10.1 Å². The predicted molar refractivity (Wildman–Crippen MR) is 120 cm³/mol. The third kappa shape index (κ3) is 5.20. The molecule has 1 aliphatic heterocycles. The number of sulfonamides is 1. The highest BCUT2D eigenvalue weighted by Gasteiger charge is 2.34. The standard InChI is InChI=1S/C23H26F2N2O6S/c1-13-7-14(2)12-27(11-13)34(30,31)21-8-15(5-6-20(21)32-3)22(28)26-19-9-16(23(29)33-4)17(24)10-18(19)25/h5-6,8-10,13-14H,7,11-12H2,1-4H3,(H,26,28)/t13-,14-/m0/s1. The molecule has 184 valence electrons. The second-order valence-electron chi connectivity index (χ2n) is 8.39. The van der Waals surface area contributed by atoms with Gasteiger partial charge in [-0.2, -0.15) is 4.31 Å². The van der Waals surface area contributed by atoms with Gasteiger partial charge in [0.25, 0.3) is 5.91 Å². The molecule has 1 fully saturated rings. The quantitative estimate of drug-likeness (QED) is 0.613. The molecule has 1 aliphatic rings. The van der Waals surface area contributed by atoms with E-state index in [1.165, 1.54) is 23.5 Å². The largest absolute Gasteiger partial charge is 0.495 e. The number of hydrogen-bond donors (Lipinski definition) is 1. The summed E-state index contributed by atoms with van der Waals surface area (Å²) in [6, 6.07) is 5.06. The maximum absolute atomic E-state index is 14.2. The fourth-order valence-corrected chi connectivity index (χ4v) is 5.93. The fraction of sp³-hybridized carbons (Fsp3) is 0.391. The molecule has 1 saturated heterocycles. The van der Waals surface area contributed by atoms with Gasteiger partial charge >= 0.3 is 5.97 Å². The normalized spacial score (nSPS) is 18.9. The molecule has 1 heterocycles. The van der Waals surface area contributed by atoms with E-state index in [-0.39, 0.29) is 28.0 Å². The fourth-order valence-electron chi connectivity index (χ4n) is 4.07. The van der Waals surface area contributed by atoms with Crippen LogP contribution in [-0.2, 0) is 14.8 Å². The van der Waals surface area contributed by atoms with E-state index in [1.54, 1.807) is 0 Å². The lowest BCUT2D eigenvalue weighted by molar-refractivity contribution is 0.0595. The van der Waals surface area contributed by atoms with E-state index in [4.69, 9.17) is 4.74 Å². The van der Waals surface area contributed by atoms with Crippen molar-refractivity contribution in [3.05, 3.63) is 53.1 Å². The molecule has 2 aromatic rings. The zero-order chi connectivity index (χ0) is 25.2. The summed E-state index contributed by atoms with van der Waals surface area (Å²) in [7, 11) is -1.64. The van der Waals surface area contributed by atoms with E-state index in [9.17, 15) is 26.8 Å². The van der Waals surface area contributed by atoms with Crippen molar-refractivity contribution in [2.24, 2.45) is 11.8 Å². The monoisotopic (exact) mass is 496 g/mol. The van der Waals surface area contributed by atoms with Crippen molar-refractivity contribution in [3.8, 4) is 5.75 Å². The van der Waals surface area contributed by atoms with Gasteiger partial charge in [-0.3, -0.25) is 4.79 Å². The Bertz CT molecular complexity index is 1210. The lowest BCUT2D eigenvalue weighted by atomic mass is 9.94. The van der Waals surface area contributed by atoms with Crippen LogP contribution in [0.4, 0.5) is 14.5 Å². The average Bonchev–Trinajstić information content (AvgIpc) is 2.79. The lowest BCUT2D eigenvalue weighted by Crippen LogP contribution is -2.42. The van der Waals surface area contributed by atoms with Crippen LogP contribution in [-0.4, -0.2) is 51.9 Å². The lowest BCUT2D eigenvalue weighted by Gasteiger charge is -2.34. The first-order valence-electron chi connectivity index (χ1n) is 10.5. The second-order valence-corrected chi connectivity index (χ2v) is 10.3. The molecule has 2 aromatic carbocycles. The third-order valence-corrected chi connectivity index (χ3v) is 7.44. The summed E-state index contributed by atoms with van der Waals surface area (Å²) in [6.45, 7) is 4.62. The van der Waals surface area contributed by atoms with Crippen LogP contribution in [0.15, 0.2) is 35.2 Å². The van der Waals surface area contributed by atoms with Crippen molar-refractivity contribution in [1.82, 2.24) is 4.31 Å². The molecular formula is C23H26F2N2O6S. The van der Waals surface area contributed by atoms with E-state index in [0.717, 1.165) is 25.7 Å². The van der Waals surface area contributed by atoms with E-state index in [1.807, 2.05) is 13.8 Å². The van der Waals surface area contributed by atoms with E-state index >= 15 is 0 Å². The zero-order valence-corrected chi connectivity index (χ0v) is 20.0. The van der Waals surface area contributed by atoms with Crippen molar-refractivity contribution in [1.29, 1.82) is 0 Å². The highest BCUT2D eigenvalue weighted by atomic mass is 32.2. The summed E-state index contributed by atoms with van der Waals surface area (Å²) in [5.74, 6) is -3.77. The van der Waals surface area contributed by atoms with Crippen LogP contribution in [0.25, 0.3) is 0 Å². The number of nitrogens with zero attached hydrogens (tertiary/aromatic N) is 1. The van der Waals surface area contributed by atoms with Crippen molar-refractivity contribution >= 4 is 27.6 Å². The van der Waals surface area contributed by atoms with Gasteiger partial charge in [0.1, 0.15) is 22.3 Å². The van der Waals surface area contributed by atoms with Gasteiger partial charge in [0, 0.05) is 24.7 Å². The Hall–Kier alpha value is -3.05. The first-order chi connectivity index (χ1) is 16.0. The molecule has 1 amide bonds. The van der Waals surface area contributed by atoms with Gasteiger partial charge in [0.2, 0.25) is 10.0 Å². The van der Waals surface area contributed by atoms with Crippen LogP contribution >= 0.6 is 0 Å². The summed E-state index contributed by atoms with van der Waals surface area (Å²) in [5, 5.41) is 2.25. The van der Waals surface area contributed by atoms with Gasteiger partial charge in [0.05, 0.1) is 25.5 Å². The molecule has 0 radical (unpaired) electrons. The molecule has 0 spiro atoms. The summed E-state index contributed by atoms with van der Waals surface area (Å²) < 4.78 is 66.0. The van der Waals surface area contributed by atoms with Crippen LogP contribution in [0.5, 0.6) is 5.75 Å². The number of piperidine rings is 1. The van der Waals surface area contributed by atoms with Gasteiger partial charge in [-0.05, 0) is 42.5 Å². The van der Waals surface area contributed by atoms with Crippen molar-refractivity contribution in [2.75, 3.05) is 32.6 Å². The Morgan fingerprint density at radius 1 is 1.03 bits per heavy atom. The maximum Gasteiger partial charge on any atom is 0.340 e. The summed E-state index contributed by atoms with van der Waals surface area (Å²) in [4.78, 5) is 24.3. The number of carbonyl (C=O) groups is 2. The minimum absolute atomic E-state index is 0.0587. The number of rotatable bonds is 6. The van der Waals surface area contributed by atoms with E-state index in [0.29, 0.717) is 19.2 Å². The first-order valence-corrected chi connectivity index (χ1v) is 12.0. The molecule has 2 atom stereocenters. The number of methoxy groups -OCH3 is 2. The number of carbonyl (C=O) groups excluding carboxylic acids is 2. The Morgan fingerprint density at radius 2 is 1.68 bits per heavy atom. The molecule has 1 N–H and O–H groups in total. The van der Waals surface area contributed by atoms with Crippen LogP contribution in [0.3, 0.4) is 0 Å². The first kappa shape index (κ1) is 25.6. The number of anilines is 1. The van der Waals surface area contributed by atoms with Crippen molar-refractivity contribution in [2.45, 2.75) is 25.2 Å². The molecule has 0 aliphatic carbocycles. The van der Waals surface area contributed by atoms with Gasteiger partial charge in [-0.15, -0.1) is 0 Å². The van der Waals surface area contributed by atoms with E-state index in [2.05, 4.69) is 10.1 Å². The number of halogens is 2. The van der Waals surface area contributed by atoms with Gasteiger partial charge in [-0.1, -0.05) is 13.8 Å². The molecule has 11 heteroatoms. The summed E-state index contributed by atoms with van der Waals surface area (Å²) >= 11 is 0. The topological polar surface area (TPSA) is 102 Å². The Labute approximate surface area is 196 Å². The number of nitrogens with one attached hydrogen (secondary N) is 1. The van der Waals surface area contributed by atoms with Gasteiger partial charge in [-0.25, -0.2) is 22.0 Å². The predicted octanol–water partition coefficient (Wildman–Crippen LogP) is 3.68. The van der Waals surface area contributed by atoms with E-state index < -0.39 is 44.8 Å². The number of esters is 1. The molecule has 34 heavy (non-hydrogen) atoms. The molecule has 0 bridgehead atoms. The maximum atomic E-state index is 14.2. The van der Waals surface area contributed by atoms with Gasteiger partial charge < -0.3 is 14.8 Å². The summed E-state index contributed by atoms with van der Waals surface area (Å²) in [6.07, 6.45) is 0.905. The Morgan fingerprint density at radius 3 is 2.26 bits per heavy atom. The highest BCUT2D eigenvalue weighted by molar-refractivity contribution is 7.89. The number of ether oxygens (including phenoxy) is 2. The Balaban J connectivity index is 1.96. The average molecular weight is 497 g/mol. The SMILES string of the molecule is COC(=O)c1cc(NC(=O)c2ccc(OC)c(S(=O)(=O)N3C[C@@H](C)C[C@H](C)C3)c2)c(F)cc1F. The van der Waals surface area contributed by atoms with Crippen molar-refractivity contribution < 1.29 is 36.3 Å². The number of hydrogen-bond acceptors (Lipinski definition) is 6. The second kappa shape index (κ2) is 10.1. The smallest absolute Gasteiger partial charge is 0.340 e. The molecule has 0 saturated carbocycles. The molecular weight excluding hydrogens is 470 g/mol. The van der Waals surface area contributed by atoms with Gasteiger partial charge in [0.15, 0.2) is 0 Å². The molecule has 0 aromatic heterocycles.